The van der Waals surface area contributed by atoms with E-state index in [1.807, 2.05) is 88.4 Å². The molecule has 3 rings (SSSR count). The number of hydrogen-bond donors (Lipinski definition) is 5. The Morgan fingerprint density at radius 1 is 0.851 bits per heavy atom. The Hall–Kier alpha value is -4.98. The van der Waals surface area contributed by atoms with Crippen molar-refractivity contribution in [3.63, 3.8) is 0 Å². The van der Waals surface area contributed by atoms with Crippen LogP contribution in [0.25, 0.3) is 0 Å². The third-order valence-electron chi connectivity index (χ3n) is 7.36. The highest BCUT2D eigenvalue weighted by Gasteiger charge is 2.28. The molecule has 5 amide bonds. The van der Waals surface area contributed by atoms with E-state index >= 15 is 0 Å². The van der Waals surface area contributed by atoms with Crippen molar-refractivity contribution in [2.75, 3.05) is 6.54 Å². The summed E-state index contributed by atoms with van der Waals surface area (Å²) < 4.78 is 0. The van der Waals surface area contributed by atoms with Crippen LogP contribution in [-0.4, -0.2) is 53.7 Å². The second-order valence-electron chi connectivity index (χ2n) is 12.9. The lowest BCUT2D eigenvalue weighted by molar-refractivity contribution is -0.133. The first kappa shape index (κ1) is 36.5. The molecule has 0 radical (unpaired) electrons. The Morgan fingerprint density at radius 3 is 2.15 bits per heavy atom. The minimum Gasteiger partial charge on any atom is -0.352 e. The first-order valence-electron chi connectivity index (χ1n) is 16.0. The van der Waals surface area contributed by atoms with Gasteiger partial charge in [0.25, 0.3) is 5.91 Å². The van der Waals surface area contributed by atoms with Crippen LogP contribution in [0.2, 0.25) is 0 Å². The van der Waals surface area contributed by atoms with Gasteiger partial charge in [-0.25, -0.2) is 0 Å². The van der Waals surface area contributed by atoms with Gasteiger partial charge in [-0.15, -0.1) is 0 Å². The molecule has 1 saturated carbocycles. The van der Waals surface area contributed by atoms with Crippen molar-refractivity contribution in [2.45, 2.75) is 90.4 Å². The van der Waals surface area contributed by atoms with Crippen molar-refractivity contribution < 1.29 is 24.0 Å². The normalized spacial score (nSPS) is 14.1. The molecular formula is C36H46N6O5. The zero-order valence-electron chi connectivity index (χ0n) is 27.7. The van der Waals surface area contributed by atoms with E-state index in [4.69, 9.17) is 0 Å². The topological polar surface area (TPSA) is 169 Å². The molecule has 0 spiro atoms. The molecule has 11 heteroatoms. The number of carbonyl (C=O) groups is 5. The average molecular weight is 643 g/mol. The van der Waals surface area contributed by atoms with E-state index in [0.29, 0.717) is 0 Å². The zero-order chi connectivity index (χ0) is 34.4. The molecule has 2 aromatic rings. The maximum Gasteiger partial charge on any atom is 0.261 e. The van der Waals surface area contributed by atoms with Gasteiger partial charge in [-0.1, -0.05) is 66.2 Å². The summed E-state index contributed by atoms with van der Waals surface area (Å²) in [5.74, 6) is -2.15. The minimum absolute atomic E-state index is 0.0140. The van der Waals surface area contributed by atoms with E-state index in [1.165, 1.54) is 0 Å². The fraction of sp³-hybridized carbons (Fsp3) is 0.444. The Bertz CT molecular complexity index is 1470. The molecule has 11 nitrogen and oxygen atoms in total. The molecule has 0 bridgehead atoms. The van der Waals surface area contributed by atoms with Gasteiger partial charge in [-0.2, -0.15) is 5.26 Å². The molecular weight excluding hydrogens is 596 g/mol. The molecule has 0 saturated heterocycles. The molecule has 5 N–H and O–H groups in total. The number of allylic oxidation sites excluding steroid dienone is 1. The van der Waals surface area contributed by atoms with Crippen molar-refractivity contribution in [3.8, 4) is 6.07 Å². The van der Waals surface area contributed by atoms with Gasteiger partial charge in [0.1, 0.15) is 23.7 Å². The number of hydrogen-bond acceptors (Lipinski definition) is 6. The first-order valence-corrected chi connectivity index (χ1v) is 16.0. The van der Waals surface area contributed by atoms with Gasteiger partial charge in [-0.05, 0) is 64.0 Å². The summed E-state index contributed by atoms with van der Waals surface area (Å²) in [6.45, 7) is 7.71. The average Bonchev–Trinajstić information content (AvgIpc) is 3.85. The van der Waals surface area contributed by atoms with E-state index < -0.39 is 41.3 Å². The Balaban J connectivity index is 1.69. The van der Waals surface area contributed by atoms with E-state index in [-0.39, 0.29) is 56.2 Å². The van der Waals surface area contributed by atoms with Crippen molar-refractivity contribution in [3.05, 3.63) is 82.9 Å². The first-order chi connectivity index (χ1) is 22.3. The highest BCUT2D eigenvalue weighted by molar-refractivity contribution is 5.97. The molecule has 0 heterocycles. The van der Waals surface area contributed by atoms with Crippen molar-refractivity contribution in [1.82, 2.24) is 26.6 Å². The predicted octanol–water partition coefficient (Wildman–Crippen LogP) is 2.88. The van der Waals surface area contributed by atoms with E-state index in [0.717, 1.165) is 29.5 Å². The van der Waals surface area contributed by atoms with E-state index in [2.05, 4.69) is 26.6 Å². The van der Waals surface area contributed by atoms with Crippen LogP contribution in [0.1, 0.15) is 69.6 Å². The molecule has 250 valence electrons. The van der Waals surface area contributed by atoms with E-state index in [9.17, 15) is 29.2 Å². The molecule has 2 atom stereocenters. The summed E-state index contributed by atoms with van der Waals surface area (Å²) in [5.41, 5.74) is 2.36. The van der Waals surface area contributed by atoms with Crippen LogP contribution < -0.4 is 26.6 Å². The third-order valence-corrected chi connectivity index (χ3v) is 7.36. The lowest BCUT2D eigenvalue weighted by Crippen LogP contribution is -2.54. The molecule has 0 unspecified atom stereocenters. The molecule has 2 aromatic carbocycles. The SMILES string of the molecule is Cc1ccc(CNC(=O)[C@H](Cc2ccccc2)NC(=O)[C@H](CCC(=O)NC(C)(C)C)NC(=O)CCNC(=O)/C(C#N)=C/C2CC2)cc1. The number of aryl methyl sites for hydroxylation is 1. The lowest BCUT2D eigenvalue weighted by atomic mass is 10.0. The maximum atomic E-state index is 13.7. The van der Waals surface area contributed by atoms with E-state index in [1.54, 1.807) is 6.08 Å². The van der Waals surface area contributed by atoms with Crippen LogP contribution in [0.4, 0.5) is 0 Å². The number of amides is 5. The van der Waals surface area contributed by atoms with Gasteiger partial charge in [-0.3, -0.25) is 24.0 Å². The molecule has 0 aromatic heterocycles. The third kappa shape index (κ3) is 13.9. The Kier molecular flexibility index (Phi) is 13.7. The molecule has 47 heavy (non-hydrogen) atoms. The van der Waals surface area contributed by atoms with Crippen molar-refractivity contribution in [2.24, 2.45) is 5.92 Å². The number of nitriles is 1. The van der Waals surface area contributed by atoms with Crippen LogP contribution in [0, 0.1) is 24.2 Å². The van der Waals surface area contributed by atoms with Gasteiger partial charge in [0.2, 0.25) is 23.6 Å². The monoisotopic (exact) mass is 642 g/mol. The standard InChI is InChI=1S/C36H46N6O5/c1-24-10-12-27(13-11-24)23-39-34(46)30(21-25-8-6-5-7-9-25)41-35(47)29(16-17-32(44)42-36(2,3)4)40-31(43)18-19-38-33(45)28(22-37)20-26-14-15-26/h5-13,20,26,29-30H,14-19,21,23H2,1-4H3,(H,38,45)(H,39,46)(H,40,43)(H,41,47)(H,42,44)/b28-20+/t29-,30-/m0/s1. The minimum atomic E-state index is -1.13. The van der Waals surface area contributed by atoms with Crippen LogP contribution in [-0.2, 0) is 36.9 Å². The van der Waals surface area contributed by atoms with Crippen LogP contribution in [0.3, 0.4) is 0 Å². The zero-order valence-corrected chi connectivity index (χ0v) is 27.7. The fourth-order valence-electron chi connectivity index (χ4n) is 4.69. The number of benzene rings is 2. The second kappa shape index (κ2) is 17.6. The summed E-state index contributed by atoms with van der Waals surface area (Å²) in [6.07, 6.45) is 3.51. The summed E-state index contributed by atoms with van der Waals surface area (Å²) in [4.78, 5) is 65.0. The van der Waals surface area contributed by atoms with Crippen molar-refractivity contribution in [1.29, 1.82) is 5.26 Å². The predicted molar refractivity (Wildman–Crippen MR) is 178 cm³/mol. The Morgan fingerprint density at radius 2 is 1.53 bits per heavy atom. The van der Waals surface area contributed by atoms with Gasteiger partial charge in [0.15, 0.2) is 0 Å². The summed E-state index contributed by atoms with van der Waals surface area (Å²) in [6, 6.07) is 16.8. The molecule has 1 fully saturated rings. The summed E-state index contributed by atoms with van der Waals surface area (Å²) in [7, 11) is 0. The summed E-state index contributed by atoms with van der Waals surface area (Å²) in [5, 5.41) is 23.1. The number of rotatable bonds is 16. The fourth-order valence-corrected chi connectivity index (χ4v) is 4.69. The van der Waals surface area contributed by atoms with Gasteiger partial charge in [0, 0.05) is 37.9 Å². The number of carbonyl (C=O) groups excluding carboxylic acids is 5. The molecule has 1 aliphatic rings. The quantitative estimate of drug-likeness (QED) is 0.139. The van der Waals surface area contributed by atoms with Crippen molar-refractivity contribution >= 4 is 29.5 Å². The van der Waals surface area contributed by atoms with Gasteiger partial charge >= 0.3 is 0 Å². The number of nitrogens with zero attached hydrogens (tertiary/aromatic N) is 1. The Labute approximate surface area is 277 Å². The van der Waals surface area contributed by atoms with Gasteiger partial charge in [0.05, 0.1) is 0 Å². The summed E-state index contributed by atoms with van der Waals surface area (Å²) >= 11 is 0. The maximum absolute atomic E-state index is 13.7. The highest BCUT2D eigenvalue weighted by Crippen LogP contribution is 2.31. The molecule has 0 aliphatic heterocycles. The number of nitrogens with one attached hydrogen (secondary N) is 5. The van der Waals surface area contributed by atoms with Crippen LogP contribution in [0.5, 0.6) is 0 Å². The van der Waals surface area contributed by atoms with Crippen LogP contribution >= 0.6 is 0 Å². The molecule has 1 aliphatic carbocycles. The highest BCUT2D eigenvalue weighted by atomic mass is 16.2. The second-order valence-corrected chi connectivity index (χ2v) is 12.9. The largest absolute Gasteiger partial charge is 0.352 e. The van der Waals surface area contributed by atoms with Gasteiger partial charge < -0.3 is 26.6 Å². The van der Waals surface area contributed by atoms with Crippen LogP contribution in [0.15, 0.2) is 66.2 Å². The smallest absolute Gasteiger partial charge is 0.261 e. The lowest BCUT2D eigenvalue weighted by Gasteiger charge is -2.24.